The molecular weight excluding hydrogens is 346 g/mol. The van der Waals surface area contributed by atoms with Crippen LogP contribution in [-0.2, 0) is 16.0 Å². The first-order valence-electron chi connectivity index (χ1n) is 7.70. The van der Waals surface area contributed by atoms with Crippen LogP contribution in [0.5, 0.6) is 11.5 Å². The highest BCUT2D eigenvalue weighted by atomic mass is 32.2. The van der Waals surface area contributed by atoms with Crippen molar-refractivity contribution in [3.8, 4) is 11.5 Å². The molecule has 0 spiro atoms. The normalized spacial score (nSPS) is 21.3. The van der Waals surface area contributed by atoms with E-state index in [0.29, 0.717) is 6.42 Å². The molecule has 1 fully saturated rings. The highest BCUT2D eigenvalue weighted by Gasteiger charge is 2.29. The predicted octanol–water partition coefficient (Wildman–Crippen LogP) is 1.79. The average Bonchev–Trinajstić information content (AvgIpc) is 3.05. The third kappa shape index (κ3) is 4.50. The summed E-state index contributed by atoms with van der Waals surface area (Å²) in [5.74, 6) is 0.0983. The summed E-state index contributed by atoms with van der Waals surface area (Å²) in [5, 5.41) is 19.0. The van der Waals surface area contributed by atoms with Gasteiger partial charge in [0.1, 0.15) is 5.25 Å². The number of fused-ring (bicyclic) bond motifs is 1. The van der Waals surface area contributed by atoms with E-state index in [1.807, 2.05) is 25.1 Å². The van der Waals surface area contributed by atoms with E-state index in [9.17, 15) is 9.59 Å². The van der Waals surface area contributed by atoms with Gasteiger partial charge < -0.3 is 19.9 Å². The number of amidine groups is 1. The van der Waals surface area contributed by atoms with Gasteiger partial charge in [-0.2, -0.15) is 5.10 Å². The highest BCUT2D eigenvalue weighted by molar-refractivity contribution is 8.15. The Morgan fingerprint density at radius 1 is 1.40 bits per heavy atom. The maximum absolute atomic E-state index is 11.5. The Morgan fingerprint density at radius 3 is 3.00 bits per heavy atom. The van der Waals surface area contributed by atoms with Crippen molar-refractivity contribution < 1.29 is 24.2 Å². The zero-order chi connectivity index (χ0) is 17.8. The fourth-order valence-corrected chi connectivity index (χ4v) is 3.20. The molecule has 0 radical (unpaired) electrons. The van der Waals surface area contributed by atoms with Gasteiger partial charge in [-0.1, -0.05) is 17.8 Å². The number of hydrogen-bond acceptors (Lipinski definition) is 7. The maximum Gasteiger partial charge on any atom is 0.317 e. The van der Waals surface area contributed by atoms with E-state index in [4.69, 9.17) is 14.6 Å². The second-order valence-corrected chi connectivity index (χ2v) is 6.82. The molecule has 1 aromatic rings. The Bertz CT molecular complexity index is 762. The van der Waals surface area contributed by atoms with Crippen molar-refractivity contribution in [3.63, 3.8) is 0 Å². The average molecular weight is 363 g/mol. The largest absolute Gasteiger partial charge is 0.480 e. The number of thioether (sulfide) groups is 1. The van der Waals surface area contributed by atoms with Crippen molar-refractivity contribution in [2.75, 3.05) is 6.79 Å². The lowest BCUT2D eigenvalue weighted by atomic mass is 10.1. The van der Waals surface area contributed by atoms with E-state index in [-0.39, 0.29) is 24.3 Å². The number of amides is 1. The Kier molecular flexibility index (Phi) is 5.22. The van der Waals surface area contributed by atoms with Gasteiger partial charge in [0.25, 0.3) is 0 Å². The lowest BCUT2D eigenvalue weighted by Crippen LogP contribution is -2.40. The standard InChI is InChI=1S/C16H17N3O5S/c1-9(2-3-10-4-5-11-12(6-10)24-8-23-11)18-19-16-17-14(20)7-13(25-16)15(21)22/h4-6,13H,2-3,7-8H2,1H3,(H,21,22)(H,17,19,20)/t13-/m0/s1. The zero-order valence-corrected chi connectivity index (χ0v) is 14.3. The first-order valence-corrected chi connectivity index (χ1v) is 8.58. The summed E-state index contributed by atoms with van der Waals surface area (Å²) in [6, 6.07) is 5.79. The van der Waals surface area contributed by atoms with Crippen LogP contribution in [0.1, 0.15) is 25.3 Å². The number of nitrogens with zero attached hydrogens (tertiary/aromatic N) is 2. The van der Waals surface area contributed by atoms with Crippen LogP contribution in [0.25, 0.3) is 0 Å². The SMILES string of the molecule is CC(CCc1ccc2c(c1)OCO2)=NN=C1NC(=O)C[C@@H](C(=O)O)S1. The highest BCUT2D eigenvalue weighted by Crippen LogP contribution is 2.32. The van der Waals surface area contributed by atoms with Crippen molar-refractivity contribution in [2.24, 2.45) is 10.2 Å². The molecule has 1 saturated heterocycles. The first-order chi connectivity index (χ1) is 12.0. The Hall–Kier alpha value is -2.55. The molecule has 9 heteroatoms. The predicted molar refractivity (Wildman–Crippen MR) is 93.2 cm³/mol. The number of carboxylic acids is 1. The quantitative estimate of drug-likeness (QED) is 0.610. The number of carbonyl (C=O) groups excluding carboxylic acids is 1. The smallest absolute Gasteiger partial charge is 0.317 e. The van der Waals surface area contributed by atoms with Crippen molar-refractivity contribution in [2.45, 2.75) is 31.4 Å². The molecule has 2 heterocycles. The Morgan fingerprint density at radius 2 is 2.20 bits per heavy atom. The van der Waals surface area contributed by atoms with E-state index >= 15 is 0 Å². The summed E-state index contributed by atoms with van der Waals surface area (Å²) in [5.41, 5.74) is 1.87. The van der Waals surface area contributed by atoms with E-state index in [0.717, 1.165) is 41.0 Å². The molecule has 0 aromatic heterocycles. The number of ether oxygens (including phenoxy) is 2. The first kappa shape index (κ1) is 17.3. The lowest BCUT2D eigenvalue weighted by Gasteiger charge is -2.18. The molecule has 0 saturated carbocycles. The van der Waals surface area contributed by atoms with E-state index in [1.54, 1.807) is 0 Å². The van der Waals surface area contributed by atoms with Gasteiger partial charge in [0.2, 0.25) is 12.7 Å². The molecule has 132 valence electrons. The zero-order valence-electron chi connectivity index (χ0n) is 13.5. The number of hydrogen-bond donors (Lipinski definition) is 2. The number of carboxylic acid groups (broad SMARTS) is 1. The van der Waals surface area contributed by atoms with Crippen LogP contribution >= 0.6 is 11.8 Å². The number of carbonyl (C=O) groups is 2. The number of rotatable bonds is 5. The van der Waals surface area contributed by atoms with E-state index < -0.39 is 11.2 Å². The van der Waals surface area contributed by atoms with Gasteiger partial charge >= 0.3 is 5.97 Å². The number of nitrogens with one attached hydrogen (secondary N) is 1. The Balaban J connectivity index is 1.58. The van der Waals surface area contributed by atoms with Crippen LogP contribution in [-0.4, -0.2) is 39.9 Å². The minimum absolute atomic E-state index is 0.0637. The minimum Gasteiger partial charge on any atom is -0.480 e. The molecule has 25 heavy (non-hydrogen) atoms. The van der Waals surface area contributed by atoms with E-state index in [1.165, 1.54) is 0 Å². The van der Waals surface area contributed by atoms with Crippen LogP contribution in [0, 0.1) is 0 Å². The van der Waals surface area contributed by atoms with Gasteiger partial charge in [0.05, 0.1) is 0 Å². The van der Waals surface area contributed by atoms with Gasteiger partial charge in [-0.15, -0.1) is 5.10 Å². The fourth-order valence-electron chi connectivity index (χ4n) is 2.33. The number of benzene rings is 1. The van der Waals surface area contributed by atoms with E-state index in [2.05, 4.69) is 15.5 Å². The fraction of sp³-hybridized carbons (Fsp3) is 0.375. The molecule has 1 amide bonds. The molecule has 1 atom stereocenters. The molecule has 2 aliphatic rings. The second kappa shape index (κ2) is 7.56. The number of aliphatic carboxylic acids is 1. The molecule has 3 rings (SSSR count). The van der Waals surface area contributed by atoms with Crippen LogP contribution in [0.4, 0.5) is 0 Å². The van der Waals surface area contributed by atoms with Gasteiger partial charge in [0.15, 0.2) is 16.7 Å². The third-order valence-corrected chi connectivity index (χ3v) is 4.73. The molecule has 1 aromatic carbocycles. The van der Waals surface area contributed by atoms with Crippen LogP contribution < -0.4 is 14.8 Å². The second-order valence-electron chi connectivity index (χ2n) is 5.63. The summed E-state index contributed by atoms with van der Waals surface area (Å²) in [7, 11) is 0. The third-order valence-electron chi connectivity index (χ3n) is 3.67. The summed E-state index contributed by atoms with van der Waals surface area (Å²) in [6.07, 6.45) is 1.37. The van der Waals surface area contributed by atoms with Gasteiger partial charge in [-0.3, -0.25) is 9.59 Å². The van der Waals surface area contributed by atoms with Crippen LogP contribution in [0.15, 0.2) is 28.4 Å². The lowest BCUT2D eigenvalue weighted by molar-refractivity contribution is -0.138. The molecule has 2 aliphatic heterocycles. The minimum atomic E-state index is -1.03. The summed E-state index contributed by atoms with van der Waals surface area (Å²) in [4.78, 5) is 22.5. The van der Waals surface area contributed by atoms with Crippen LogP contribution in [0.3, 0.4) is 0 Å². The molecule has 0 unspecified atom stereocenters. The Labute approximate surface area is 148 Å². The maximum atomic E-state index is 11.5. The summed E-state index contributed by atoms with van der Waals surface area (Å²) >= 11 is 0.994. The van der Waals surface area contributed by atoms with Gasteiger partial charge in [-0.25, -0.2) is 0 Å². The number of aryl methyl sites for hydroxylation is 1. The van der Waals surface area contributed by atoms with Gasteiger partial charge in [-0.05, 0) is 37.5 Å². The molecule has 0 bridgehead atoms. The van der Waals surface area contributed by atoms with Crippen molar-refractivity contribution in [1.29, 1.82) is 0 Å². The monoisotopic (exact) mass is 363 g/mol. The summed E-state index contributed by atoms with van der Waals surface area (Å²) < 4.78 is 10.6. The van der Waals surface area contributed by atoms with Crippen molar-refractivity contribution in [3.05, 3.63) is 23.8 Å². The molecule has 8 nitrogen and oxygen atoms in total. The van der Waals surface area contributed by atoms with Gasteiger partial charge in [0, 0.05) is 12.1 Å². The van der Waals surface area contributed by atoms with Crippen molar-refractivity contribution >= 4 is 34.5 Å². The topological polar surface area (TPSA) is 110 Å². The van der Waals surface area contributed by atoms with Crippen molar-refractivity contribution in [1.82, 2.24) is 5.32 Å². The molecular formula is C16H17N3O5S. The molecule has 2 N–H and O–H groups in total. The summed E-state index contributed by atoms with van der Waals surface area (Å²) in [6.45, 7) is 2.08. The van der Waals surface area contributed by atoms with Crippen LogP contribution in [0.2, 0.25) is 0 Å². The molecule has 0 aliphatic carbocycles.